The monoisotopic (exact) mass is 215 g/mol. The Kier molecular flexibility index (Phi) is 3.97. The van der Waals surface area contributed by atoms with E-state index in [1.807, 2.05) is 0 Å². The first kappa shape index (κ1) is 11.3. The maximum absolute atomic E-state index is 5.77. The van der Waals surface area contributed by atoms with Crippen LogP contribution in [0, 0.1) is 5.92 Å². The van der Waals surface area contributed by atoms with Gasteiger partial charge in [-0.3, -0.25) is 0 Å². The minimum Gasteiger partial charge on any atom is -0.381 e. The van der Waals surface area contributed by atoms with Gasteiger partial charge in [0.05, 0.1) is 12.2 Å². The fourth-order valence-electron chi connectivity index (χ4n) is 1.82. The zero-order chi connectivity index (χ0) is 10.6. The molecule has 4 heteroatoms. The lowest BCUT2D eigenvalue weighted by Gasteiger charge is -2.35. The molecule has 1 heterocycles. The molecule has 88 valence electrons. The molecule has 2 rings (SSSR count). The number of ether oxygens (including phenoxy) is 3. The van der Waals surface area contributed by atoms with Gasteiger partial charge in [0, 0.05) is 32.6 Å². The standard InChI is InChI=1S/C11H21NO3/c12-8-11(3-5-13-6-4-11)15-9-14-7-10-1-2-10/h10H,1-9,12H2. The molecule has 0 unspecified atom stereocenters. The molecule has 2 fully saturated rings. The van der Waals surface area contributed by atoms with E-state index in [2.05, 4.69) is 0 Å². The summed E-state index contributed by atoms with van der Waals surface area (Å²) in [6, 6.07) is 0. The number of nitrogens with two attached hydrogens (primary N) is 1. The van der Waals surface area contributed by atoms with Gasteiger partial charge in [0.15, 0.2) is 0 Å². The van der Waals surface area contributed by atoms with Crippen molar-refractivity contribution in [2.24, 2.45) is 11.7 Å². The maximum Gasteiger partial charge on any atom is 0.147 e. The molecule has 0 atom stereocenters. The van der Waals surface area contributed by atoms with Crippen LogP contribution >= 0.6 is 0 Å². The van der Waals surface area contributed by atoms with Crippen LogP contribution in [-0.2, 0) is 14.2 Å². The molecular weight excluding hydrogens is 194 g/mol. The molecule has 1 aliphatic carbocycles. The quantitative estimate of drug-likeness (QED) is 0.528. The van der Waals surface area contributed by atoms with E-state index >= 15 is 0 Å². The van der Waals surface area contributed by atoms with Gasteiger partial charge in [0.1, 0.15) is 6.79 Å². The van der Waals surface area contributed by atoms with E-state index in [4.69, 9.17) is 19.9 Å². The van der Waals surface area contributed by atoms with Crippen molar-refractivity contribution < 1.29 is 14.2 Å². The molecule has 0 amide bonds. The molecule has 2 aliphatic rings. The second-order valence-corrected chi connectivity index (χ2v) is 4.58. The molecule has 1 aliphatic heterocycles. The van der Waals surface area contributed by atoms with Gasteiger partial charge in [-0.1, -0.05) is 0 Å². The van der Waals surface area contributed by atoms with Crippen LogP contribution < -0.4 is 5.73 Å². The van der Waals surface area contributed by atoms with E-state index in [0.717, 1.165) is 38.6 Å². The van der Waals surface area contributed by atoms with E-state index in [1.165, 1.54) is 12.8 Å². The Balaban J connectivity index is 1.64. The molecular formula is C11H21NO3. The van der Waals surface area contributed by atoms with Crippen LogP contribution in [0.3, 0.4) is 0 Å². The van der Waals surface area contributed by atoms with Crippen molar-refractivity contribution in [2.45, 2.75) is 31.3 Å². The first-order valence-corrected chi connectivity index (χ1v) is 5.84. The smallest absolute Gasteiger partial charge is 0.147 e. The topological polar surface area (TPSA) is 53.7 Å². The zero-order valence-electron chi connectivity index (χ0n) is 9.24. The van der Waals surface area contributed by atoms with Crippen molar-refractivity contribution in [2.75, 3.05) is 33.2 Å². The Bertz CT molecular complexity index is 188. The summed E-state index contributed by atoms with van der Waals surface area (Å²) in [5.74, 6) is 0.789. The van der Waals surface area contributed by atoms with Crippen molar-refractivity contribution in [1.82, 2.24) is 0 Å². The molecule has 0 bridgehead atoms. The SMILES string of the molecule is NCC1(OCOCC2CC2)CCOCC1. The van der Waals surface area contributed by atoms with Crippen LogP contribution in [0.4, 0.5) is 0 Å². The summed E-state index contributed by atoms with van der Waals surface area (Å²) in [4.78, 5) is 0. The summed E-state index contributed by atoms with van der Waals surface area (Å²) >= 11 is 0. The molecule has 1 saturated carbocycles. The Morgan fingerprint density at radius 1 is 1.27 bits per heavy atom. The van der Waals surface area contributed by atoms with Gasteiger partial charge >= 0.3 is 0 Å². The summed E-state index contributed by atoms with van der Waals surface area (Å²) in [5.41, 5.74) is 5.56. The fourth-order valence-corrected chi connectivity index (χ4v) is 1.82. The van der Waals surface area contributed by atoms with E-state index in [-0.39, 0.29) is 5.60 Å². The molecule has 0 aromatic carbocycles. The minimum atomic E-state index is -0.193. The van der Waals surface area contributed by atoms with Crippen LogP contribution in [0.2, 0.25) is 0 Å². The van der Waals surface area contributed by atoms with Gasteiger partial charge in [0.2, 0.25) is 0 Å². The predicted molar refractivity (Wildman–Crippen MR) is 56.5 cm³/mol. The lowest BCUT2D eigenvalue weighted by atomic mass is 9.94. The van der Waals surface area contributed by atoms with Crippen molar-refractivity contribution in [3.05, 3.63) is 0 Å². The molecule has 0 spiro atoms. The molecule has 15 heavy (non-hydrogen) atoms. The average molecular weight is 215 g/mol. The van der Waals surface area contributed by atoms with Crippen LogP contribution in [0.15, 0.2) is 0 Å². The van der Waals surface area contributed by atoms with Crippen molar-refractivity contribution >= 4 is 0 Å². The van der Waals surface area contributed by atoms with Gasteiger partial charge in [-0.05, 0) is 18.8 Å². The van der Waals surface area contributed by atoms with E-state index in [9.17, 15) is 0 Å². The minimum absolute atomic E-state index is 0.193. The molecule has 0 radical (unpaired) electrons. The summed E-state index contributed by atoms with van der Waals surface area (Å²) in [5, 5.41) is 0. The van der Waals surface area contributed by atoms with Gasteiger partial charge in [0.25, 0.3) is 0 Å². The Labute approximate surface area is 91.1 Å². The van der Waals surface area contributed by atoms with Crippen LogP contribution in [0.5, 0.6) is 0 Å². The summed E-state index contributed by atoms with van der Waals surface area (Å²) < 4.78 is 16.5. The predicted octanol–water partition coefficient (Wildman–Crippen LogP) is 0.895. The fraction of sp³-hybridized carbons (Fsp3) is 1.00. The molecule has 0 aromatic rings. The normalized spacial score (nSPS) is 25.4. The third kappa shape index (κ3) is 3.41. The van der Waals surface area contributed by atoms with E-state index in [0.29, 0.717) is 13.3 Å². The van der Waals surface area contributed by atoms with E-state index in [1.54, 1.807) is 0 Å². The second kappa shape index (κ2) is 5.25. The third-order valence-electron chi connectivity index (χ3n) is 3.27. The first-order valence-electron chi connectivity index (χ1n) is 5.84. The lowest BCUT2D eigenvalue weighted by molar-refractivity contribution is -0.170. The molecule has 0 aromatic heterocycles. The third-order valence-corrected chi connectivity index (χ3v) is 3.27. The molecule has 2 N–H and O–H groups in total. The second-order valence-electron chi connectivity index (χ2n) is 4.58. The van der Waals surface area contributed by atoms with Crippen molar-refractivity contribution in [1.29, 1.82) is 0 Å². The lowest BCUT2D eigenvalue weighted by Crippen LogP contribution is -2.46. The Morgan fingerprint density at radius 3 is 2.60 bits per heavy atom. The number of rotatable bonds is 6. The Morgan fingerprint density at radius 2 is 2.00 bits per heavy atom. The van der Waals surface area contributed by atoms with Gasteiger partial charge in [-0.25, -0.2) is 0 Å². The summed E-state index contributed by atoms with van der Waals surface area (Å²) in [7, 11) is 0. The van der Waals surface area contributed by atoms with Gasteiger partial charge in [-0.15, -0.1) is 0 Å². The summed E-state index contributed by atoms with van der Waals surface area (Å²) in [6.45, 7) is 3.29. The van der Waals surface area contributed by atoms with Crippen LogP contribution in [-0.4, -0.2) is 38.8 Å². The maximum atomic E-state index is 5.77. The summed E-state index contributed by atoms with van der Waals surface area (Å²) in [6.07, 6.45) is 4.40. The highest BCUT2D eigenvalue weighted by Crippen LogP contribution is 2.29. The van der Waals surface area contributed by atoms with Crippen molar-refractivity contribution in [3.8, 4) is 0 Å². The number of hydrogen-bond donors (Lipinski definition) is 1. The number of hydrogen-bond acceptors (Lipinski definition) is 4. The largest absolute Gasteiger partial charge is 0.381 e. The van der Waals surface area contributed by atoms with Crippen LogP contribution in [0.25, 0.3) is 0 Å². The first-order chi connectivity index (χ1) is 7.35. The molecule has 4 nitrogen and oxygen atoms in total. The highest BCUT2D eigenvalue weighted by molar-refractivity contribution is 4.84. The zero-order valence-corrected chi connectivity index (χ0v) is 9.24. The highest BCUT2D eigenvalue weighted by Gasteiger charge is 2.32. The van der Waals surface area contributed by atoms with Crippen molar-refractivity contribution in [3.63, 3.8) is 0 Å². The Hall–Kier alpha value is -0.160. The highest BCUT2D eigenvalue weighted by atomic mass is 16.7. The average Bonchev–Trinajstić information content (AvgIpc) is 3.10. The van der Waals surface area contributed by atoms with E-state index < -0.39 is 0 Å². The molecule has 1 saturated heterocycles. The van der Waals surface area contributed by atoms with Gasteiger partial charge < -0.3 is 19.9 Å². The van der Waals surface area contributed by atoms with Crippen LogP contribution in [0.1, 0.15) is 25.7 Å². The van der Waals surface area contributed by atoms with Gasteiger partial charge in [-0.2, -0.15) is 0 Å².